The summed E-state index contributed by atoms with van der Waals surface area (Å²) in [5.74, 6) is 0. The predicted octanol–water partition coefficient (Wildman–Crippen LogP) is 11.6. The molecule has 278 valence electrons. The monoisotopic (exact) mass is 756 g/mol. The number of halogens is 1. The first-order valence-corrected chi connectivity index (χ1v) is 20.6. The molecule has 1 aliphatic carbocycles. The van der Waals surface area contributed by atoms with Crippen molar-refractivity contribution in [3.8, 4) is 0 Å². The largest absolute Gasteiger partial charge is 0.744 e. The molecule has 8 rings (SSSR count). The first kappa shape index (κ1) is 37.8. The summed E-state index contributed by atoms with van der Waals surface area (Å²) in [4.78, 5) is 2.19. The standard InChI is InChI=1S/C40H42ClN2.C7H8O3S/c1-39(2)34(42(5)32-22-18-26-12-7-9-16-30(26)36(32)39)24-20-28-14-11-15-29(38(28)41)21-25-35-40(3,4)37-31-17-10-8-13-27(31)19-23-33(37)43(35)6;1-6-2-4-7(5-3-6)11(8,9)10/h7-10,12-13,16-20,22-24H,11,14-15,21,25H2,1-6H3;2-5H,1H3,(H,8,9,10)/q+1;/p-1/b28-20-,34-24+;. The van der Waals surface area contributed by atoms with Crippen LogP contribution >= 0.6 is 11.6 Å². The van der Waals surface area contributed by atoms with Gasteiger partial charge in [-0.25, -0.2) is 13.0 Å². The van der Waals surface area contributed by atoms with E-state index in [2.05, 4.69) is 136 Å². The van der Waals surface area contributed by atoms with Gasteiger partial charge >= 0.3 is 0 Å². The molecule has 5 nitrogen and oxygen atoms in total. The molecule has 0 aromatic heterocycles. The lowest BCUT2D eigenvalue weighted by Gasteiger charge is -2.25. The lowest BCUT2D eigenvalue weighted by molar-refractivity contribution is -0.403. The van der Waals surface area contributed by atoms with E-state index in [9.17, 15) is 13.0 Å². The second-order valence-electron chi connectivity index (χ2n) is 16.0. The van der Waals surface area contributed by atoms with E-state index in [1.165, 1.54) is 78.7 Å². The van der Waals surface area contributed by atoms with E-state index < -0.39 is 10.1 Å². The van der Waals surface area contributed by atoms with Crippen LogP contribution in [0.15, 0.2) is 136 Å². The predicted molar refractivity (Wildman–Crippen MR) is 224 cm³/mol. The molecule has 0 N–H and O–H groups in total. The Kier molecular flexibility index (Phi) is 10.0. The summed E-state index contributed by atoms with van der Waals surface area (Å²) in [6.45, 7) is 11.3. The van der Waals surface area contributed by atoms with E-state index in [-0.39, 0.29) is 15.7 Å². The number of allylic oxidation sites excluding steroid dienone is 6. The fourth-order valence-electron chi connectivity index (χ4n) is 9.06. The van der Waals surface area contributed by atoms with Crippen molar-refractivity contribution in [1.29, 1.82) is 0 Å². The van der Waals surface area contributed by atoms with Crippen LogP contribution in [0.25, 0.3) is 21.5 Å². The molecule has 0 radical (unpaired) electrons. The molecule has 0 saturated heterocycles. The van der Waals surface area contributed by atoms with Gasteiger partial charge in [-0.1, -0.05) is 109 Å². The van der Waals surface area contributed by atoms with Gasteiger partial charge in [-0.3, -0.25) is 0 Å². The second kappa shape index (κ2) is 14.3. The minimum atomic E-state index is -4.27. The van der Waals surface area contributed by atoms with Crippen LogP contribution in [0.5, 0.6) is 0 Å². The summed E-state index contributed by atoms with van der Waals surface area (Å²) in [6, 6.07) is 32.4. The zero-order chi connectivity index (χ0) is 38.6. The molecule has 0 spiro atoms. The Morgan fingerprint density at radius 3 is 2.04 bits per heavy atom. The van der Waals surface area contributed by atoms with Crippen molar-refractivity contribution in [2.45, 2.75) is 82.4 Å². The summed E-state index contributed by atoms with van der Waals surface area (Å²) in [5.41, 5.74) is 11.8. The third-order valence-corrected chi connectivity index (χ3v) is 13.2. The van der Waals surface area contributed by atoms with Crippen molar-refractivity contribution >= 4 is 60.4 Å². The van der Waals surface area contributed by atoms with Gasteiger partial charge in [0.25, 0.3) is 0 Å². The Hall–Kier alpha value is -4.49. The minimum Gasteiger partial charge on any atom is -0.744 e. The molecule has 2 heterocycles. The van der Waals surface area contributed by atoms with Crippen molar-refractivity contribution in [3.63, 3.8) is 0 Å². The van der Waals surface area contributed by atoms with Crippen LogP contribution in [0.2, 0.25) is 0 Å². The number of nitrogens with zero attached hydrogens (tertiary/aromatic N) is 2. The molecule has 0 amide bonds. The molecular formula is C47H49ClN2O3S. The average molecular weight is 757 g/mol. The Morgan fingerprint density at radius 1 is 0.778 bits per heavy atom. The number of rotatable bonds is 5. The van der Waals surface area contributed by atoms with Crippen LogP contribution < -0.4 is 4.90 Å². The number of aryl methyl sites for hydroxylation is 1. The third-order valence-electron chi connectivity index (χ3n) is 11.8. The molecule has 2 aliphatic heterocycles. The van der Waals surface area contributed by atoms with Gasteiger partial charge in [0.15, 0.2) is 5.71 Å². The van der Waals surface area contributed by atoms with Crippen molar-refractivity contribution in [2.24, 2.45) is 0 Å². The van der Waals surface area contributed by atoms with Crippen LogP contribution in [-0.2, 0) is 20.9 Å². The maximum absolute atomic E-state index is 10.4. The Balaban J connectivity index is 0.000000353. The van der Waals surface area contributed by atoms with E-state index in [1.807, 2.05) is 6.92 Å². The number of likely N-dealkylation sites (N-methyl/N-ethyl adjacent to an activating group) is 1. The zero-order valence-corrected chi connectivity index (χ0v) is 33.9. The van der Waals surface area contributed by atoms with Gasteiger partial charge in [-0.05, 0) is 109 Å². The second-order valence-corrected chi connectivity index (χ2v) is 17.7. The number of anilines is 1. The molecule has 3 aliphatic rings. The van der Waals surface area contributed by atoms with Crippen LogP contribution in [-0.4, -0.2) is 37.4 Å². The van der Waals surface area contributed by atoms with Crippen molar-refractivity contribution < 1.29 is 17.5 Å². The van der Waals surface area contributed by atoms with Gasteiger partial charge in [0.05, 0.1) is 10.3 Å². The summed E-state index contributed by atoms with van der Waals surface area (Å²) in [6.07, 6.45) is 9.94. The third kappa shape index (κ3) is 6.74. The topological polar surface area (TPSA) is 63.5 Å². The maximum atomic E-state index is 10.4. The number of hydrogen-bond acceptors (Lipinski definition) is 4. The van der Waals surface area contributed by atoms with Gasteiger partial charge in [0.1, 0.15) is 17.2 Å². The molecule has 7 heteroatoms. The molecule has 5 aromatic rings. The highest BCUT2D eigenvalue weighted by Crippen LogP contribution is 2.50. The van der Waals surface area contributed by atoms with Crippen LogP contribution in [0.3, 0.4) is 0 Å². The Morgan fingerprint density at radius 2 is 1.39 bits per heavy atom. The quantitative estimate of drug-likeness (QED) is 0.132. The van der Waals surface area contributed by atoms with Crippen LogP contribution in [0.1, 0.15) is 76.5 Å². The average Bonchev–Trinajstić information content (AvgIpc) is 3.47. The molecule has 0 fully saturated rings. The van der Waals surface area contributed by atoms with Gasteiger partial charge in [-0.15, -0.1) is 0 Å². The lowest BCUT2D eigenvalue weighted by atomic mass is 9.77. The fraction of sp³-hybridized carbons (Fsp3) is 0.298. The maximum Gasteiger partial charge on any atom is 0.209 e. The zero-order valence-electron chi connectivity index (χ0n) is 32.3. The molecule has 0 atom stereocenters. The Bertz CT molecular complexity index is 2540. The van der Waals surface area contributed by atoms with Gasteiger partial charge < -0.3 is 9.45 Å². The summed E-state index contributed by atoms with van der Waals surface area (Å²) < 4.78 is 33.6. The van der Waals surface area contributed by atoms with Crippen molar-refractivity contribution in [3.05, 3.63) is 148 Å². The Labute approximate surface area is 325 Å². The highest BCUT2D eigenvalue weighted by Gasteiger charge is 2.45. The number of benzene rings is 5. The molecular weight excluding hydrogens is 708 g/mol. The molecule has 54 heavy (non-hydrogen) atoms. The number of hydrogen-bond donors (Lipinski definition) is 0. The summed E-state index contributed by atoms with van der Waals surface area (Å²) in [7, 11) is 0.177. The first-order chi connectivity index (χ1) is 25.6. The highest BCUT2D eigenvalue weighted by atomic mass is 35.5. The van der Waals surface area contributed by atoms with E-state index in [1.54, 1.807) is 12.1 Å². The molecule has 0 unspecified atom stereocenters. The van der Waals surface area contributed by atoms with Crippen molar-refractivity contribution in [1.82, 2.24) is 0 Å². The van der Waals surface area contributed by atoms with Gasteiger partial charge in [0.2, 0.25) is 5.69 Å². The van der Waals surface area contributed by atoms with Crippen molar-refractivity contribution in [2.75, 3.05) is 19.0 Å². The van der Waals surface area contributed by atoms with Gasteiger partial charge in [0, 0.05) is 46.9 Å². The van der Waals surface area contributed by atoms with E-state index in [0.717, 1.165) is 42.7 Å². The van der Waals surface area contributed by atoms with Crippen LogP contribution in [0, 0.1) is 6.92 Å². The smallest absolute Gasteiger partial charge is 0.209 e. The first-order valence-electron chi connectivity index (χ1n) is 18.8. The molecule has 0 bridgehead atoms. The minimum absolute atomic E-state index is 0.0203. The summed E-state index contributed by atoms with van der Waals surface area (Å²) in [5, 5.41) is 6.33. The summed E-state index contributed by atoms with van der Waals surface area (Å²) >= 11 is 7.21. The lowest BCUT2D eigenvalue weighted by Crippen LogP contribution is -2.28. The SMILES string of the molecule is CN1/C(=C/C=C2/CCCC(CCC3=[N+](C)c4ccc5ccccc5c4C3(C)C)=C2Cl)C(C)(C)c2c1ccc1ccccc21.Cc1ccc(S(=O)(=O)[O-])cc1. The number of fused-ring (bicyclic) bond motifs is 6. The van der Waals surface area contributed by atoms with E-state index >= 15 is 0 Å². The fourth-order valence-corrected chi connectivity index (χ4v) is 9.88. The molecule has 0 saturated carbocycles. The van der Waals surface area contributed by atoms with Crippen LogP contribution in [0.4, 0.5) is 11.4 Å². The van der Waals surface area contributed by atoms with E-state index in [0.29, 0.717) is 0 Å². The normalized spacial score (nSPS) is 19.1. The van der Waals surface area contributed by atoms with E-state index in [4.69, 9.17) is 11.6 Å². The van der Waals surface area contributed by atoms with Gasteiger partial charge in [-0.2, -0.15) is 0 Å². The highest BCUT2D eigenvalue weighted by molar-refractivity contribution is 7.85. The molecule has 5 aromatic carbocycles.